The monoisotopic (exact) mass is 328 g/mol. The molecule has 1 aliphatic heterocycles. The van der Waals surface area contributed by atoms with Crippen LogP contribution in [0.5, 0.6) is 0 Å². The minimum Gasteiger partial charge on any atom is -0.349 e. The van der Waals surface area contributed by atoms with Crippen LogP contribution in [0.1, 0.15) is 34.6 Å². The number of amides is 1. The van der Waals surface area contributed by atoms with Gasteiger partial charge in [0.05, 0.1) is 0 Å². The molecule has 1 fully saturated rings. The molecule has 3 N–H and O–H groups in total. The van der Waals surface area contributed by atoms with E-state index in [-0.39, 0.29) is 10.7 Å². The second-order valence-corrected chi connectivity index (χ2v) is 7.78. The van der Waals surface area contributed by atoms with Crippen LogP contribution >= 0.6 is 11.8 Å². The van der Waals surface area contributed by atoms with Gasteiger partial charge in [0, 0.05) is 47.0 Å². The van der Waals surface area contributed by atoms with E-state index >= 15 is 0 Å². The van der Waals surface area contributed by atoms with Crippen molar-refractivity contribution >= 4 is 17.7 Å². The van der Waals surface area contributed by atoms with Crippen molar-refractivity contribution in [2.24, 2.45) is 0 Å². The number of nitrogens with zero attached hydrogens (tertiary/aromatic N) is 1. The van der Waals surface area contributed by atoms with E-state index in [2.05, 4.69) is 45.1 Å². The maximum atomic E-state index is 12.5. The molecule has 1 saturated carbocycles. The minimum absolute atomic E-state index is 0.0638. The number of nitrogens with one attached hydrogen (secondary N) is 3. The van der Waals surface area contributed by atoms with Crippen LogP contribution in [-0.2, 0) is 13.0 Å². The highest BCUT2D eigenvalue weighted by Gasteiger charge is 2.44. The summed E-state index contributed by atoms with van der Waals surface area (Å²) in [6.45, 7) is 2.35. The maximum absolute atomic E-state index is 12.5. The molecular weight excluding hydrogens is 308 g/mol. The number of rotatable bonds is 5. The van der Waals surface area contributed by atoms with Gasteiger partial charge in [-0.25, -0.2) is 0 Å². The normalized spacial score (nSPS) is 18.3. The summed E-state index contributed by atoms with van der Waals surface area (Å²) in [6, 6.07) is 10.4. The van der Waals surface area contributed by atoms with Gasteiger partial charge in [-0.2, -0.15) is 5.10 Å². The van der Waals surface area contributed by atoms with Crippen molar-refractivity contribution in [3.05, 3.63) is 47.3 Å². The summed E-state index contributed by atoms with van der Waals surface area (Å²) in [5, 5.41) is 13.6. The number of carbonyl (C=O) groups excluding carboxylic acids is 1. The molecule has 5 nitrogen and oxygen atoms in total. The number of H-pyrrole nitrogens is 1. The first-order valence-electron chi connectivity index (χ1n) is 8.05. The molecule has 0 saturated heterocycles. The highest BCUT2D eigenvalue weighted by atomic mass is 32.2. The predicted molar refractivity (Wildman–Crippen MR) is 90.6 cm³/mol. The molecule has 120 valence electrons. The van der Waals surface area contributed by atoms with Gasteiger partial charge in [-0.05, 0) is 25.0 Å². The molecule has 2 aromatic rings. The zero-order valence-corrected chi connectivity index (χ0v) is 13.7. The van der Waals surface area contributed by atoms with Gasteiger partial charge in [0.1, 0.15) is 0 Å². The molecule has 0 unspecified atom stereocenters. The molecule has 23 heavy (non-hydrogen) atoms. The Bertz CT molecular complexity index is 709. The Balaban J connectivity index is 1.39. The van der Waals surface area contributed by atoms with Crippen LogP contribution in [0, 0.1) is 0 Å². The third-order valence-electron chi connectivity index (χ3n) is 4.48. The molecule has 1 aliphatic carbocycles. The van der Waals surface area contributed by atoms with Crippen molar-refractivity contribution < 1.29 is 4.79 Å². The molecule has 6 heteroatoms. The SMILES string of the molecule is O=C(NCC1(Sc2ccccc2)CC1)c1n[nH]c2c1CNCC2. The standard InChI is InChI=1S/C17H20N4OS/c22-16(15-13-10-18-9-6-14(13)20-21-15)19-11-17(7-8-17)23-12-4-2-1-3-5-12/h1-5,18H,6-11H2,(H,19,22)(H,20,21). The third kappa shape index (κ3) is 3.14. The number of thioether (sulfide) groups is 1. The van der Waals surface area contributed by atoms with Crippen LogP contribution < -0.4 is 10.6 Å². The first-order valence-corrected chi connectivity index (χ1v) is 8.87. The summed E-state index contributed by atoms with van der Waals surface area (Å²) < 4.78 is 0.158. The Kier molecular flexibility index (Phi) is 3.87. The van der Waals surface area contributed by atoms with Crippen LogP contribution in [-0.4, -0.2) is 33.9 Å². The molecule has 1 aromatic carbocycles. The molecule has 0 spiro atoms. The maximum Gasteiger partial charge on any atom is 0.272 e. The summed E-state index contributed by atoms with van der Waals surface area (Å²) >= 11 is 1.87. The number of hydrogen-bond donors (Lipinski definition) is 3. The van der Waals surface area contributed by atoms with Crippen LogP contribution in [0.15, 0.2) is 35.2 Å². The topological polar surface area (TPSA) is 69.8 Å². The highest BCUT2D eigenvalue weighted by Crippen LogP contribution is 2.51. The highest BCUT2D eigenvalue weighted by molar-refractivity contribution is 8.01. The van der Waals surface area contributed by atoms with Crippen LogP contribution in [0.4, 0.5) is 0 Å². The van der Waals surface area contributed by atoms with Gasteiger partial charge in [0.25, 0.3) is 5.91 Å². The molecule has 1 amide bonds. The molecule has 1 aromatic heterocycles. The van der Waals surface area contributed by atoms with Gasteiger partial charge in [0.15, 0.2) is 5.69 Å². The van der Waals surface area contributed by atoms with Crippen molar-refractivity contribution in [1.82, 2.24) is 20.8 Å². The molecule has 2 heterocycles. The second kappa shape index (κ2) is 6.02. The summed E-state index contributed by atoms with van der Waals surface area (Å²) in [5.74, 6) is -0.0638. The zero-order valence-electron chi connectivity index (χ0n) is 12.9. The van der Waals surface area contributed by atoms with E-state index in [0.717, 1.165) is 43.6 Å². The van der Waals surface area contributed by atoms with Gasteiger partial charge < -0.3 is 10.6 Å². The van der Waals surface area contributed by atoms with Crippen molar-refractivity contribution in [3.8, 4) is 0 Å². The zero-order chi connectivity index (χ0) is 15.7. The number of benzene rings is 1. The first kappa shape index (κ1) is 14.8. The van der Waals surface area contributed by atoms with E-state index in [0.29, 0.717) is 12.2 Å². The lowest BCUT2D eigenvalue weighted by Crippen LogP contribution is -2.33. The van der Waals surface area contributed by atoms with Crippen LogP contribution in [0.25, 0.3) is 0 Å². The minimum atomic E-state index is -0.0638. The van der Waals surface area contributed by atoms with E-state index in [1.807, 2.05) is 17.8 Å². The third-order valence-corrected chi connectivity index (χ3v) is 5.97. The Hall–Kier alpha value is -1.79. The molecule has 0 atom stereocenters. The summed E-state index contributed by atoms with van der Waals surface area (Å²) in [7, 11) is 0. The Labute approximate surface area is 139 Å². The van der Waals surface area contributed by atoms with Gasteiger partial charge in [-0.1, -0.05) is 18.2 Å². The molecule has 0 radical (unpaired) electrons. The first-order chi connectivity index (χ1) is 11.3. The van der Waals surface area contributed by atoms with Crippen molar-refractivity contribution in [2.75, 3.05) is 13.1 Å². The van der Waals surface area contributed by atoms with Crippen LogP contribution in [0.2, 0.25) is 0 Å². The van der Waals surface area contributed by atoms with E-state index in [9.17, 15) is 4.79 Å². The lowest BCUT2D eigenvalue weighted by molar-refractivity contribution is 0.0947. The van der Waals surface area contributed by atoms with E-state index < -0.39 is 0 Å². The van der Waals surface area contributed by atoms with Gasteiger partial charge in [-0.15, -0.1) is 11.8 Å². The van der Waals surface area contributed by atoms with Gasteiger partial charge in [-0.3, -0.25) is 9.89 Å². The van der Waals surface area contributed by atoms with Gasteiger partial charge in [0.2, 0.25) is 0 Å². The average molecular weight is 328 g/mol. The number of hydrogen-bond acceptors (Lipinski definition) is 4. The molecule has 4 rings (SSSR count). The van der Waals surface area contributed by atoms with Gasteiger partial charge >= 0.3 is 0 Å². The number of carbonyl (C=O) groups is 1. The van der Waals surface area contributed by atoms with E-state index in [1.54, 1.807) is 0 Å². The van der Waals surface area contributed by atoms with Crippen molar-refractivity contribution in [3.63, 3.8) is 0 Å². The average Bonchev–Trinajstić information content (AvgIpc) is 3.21. The largest absolute Gasteiger partial charge is 0.349 e. The summed E-state index contributed by atoms with van der Waals surface area (Å²) in [5.41, 5.74) is 2.66. The molecule has 2 aliphatic rings. The Morgan fingerprint density at radius 3 is 2.91 bits per heavy atom. The van der Waals surface area contributed by atoms with E-state index in [4.69, 9.17) is 0 Å². The lowest BCUT2D eigenvalue weighted by atomic mass is 10.1. The quantitative estimate of drug-likeness (QED) is 0.786. The fourth-order valence-electron chi connectivity index (χ4n) is 2.93. The Morgan fingerprint density at radius 1 is 1.30 bits per heavy atom. The van der Waals surface area contributed by atoms with Crippen molar-refractivity contribution in [1.29, 1.82) is 0 Å². The number of aromatic nitrogens is 2. The molecule has 0 bridgehead atoms. The van der Waals surface area contributed by atoms with E-state index in [1.165, 1.54) is 4.90 Å². The van der Waals surface area contributed by atoms with Crippen molar-refractivity contribution in [2.45, 2.75) is 35.4 Å². The lowest BCUT2D eigenvalue weighted by Gasteiger charge is -2.16. The predicted octanol–water partition coefficient (Wildman–Crippen LogP) is 2.11. The second-order valence-electron chi connectivity index (χ2n) is 6.24. The Morgan fingerprint density at radius 2 is 2.13 bits per heavy atom. The van der Waals surface area contributed by atoms with Crippen LogP contribution in [0.3, 0.4) is 0 Å². The summed E-state index contributed by atoms with van der Waals surface area (Å²) in [4.78, 5) is 13.7. The molecular formula is C17H20N4OS. The number of fused-ring (bicyclic) bond motifs is 1. The summed E-state index contributed by atoms with van der Waals surface area (Å²) in [6.07, 6.45) is 3.20. The fraction of sp³-hybridized carbons (Fsp3) is 0.412. The number of aromatic amines is 1. The fourth-order valence-corrected chi connectivity index (χ4v) is 4.17. The smallest absolute Gasteiger partial charge is 0.272 e.